The van der Waals surface area contributed by atoms with Crippen molar-refractivity contribution in [2.24, 2.45) is 5.92 Å². The summed E-state index contributed by atoms with van der Waals surface area (Å²) in [5, 5.41) is 25.6. The van der Waals surface area contributed by atoms with E-state index >= 15 is 0 Å². The number of piperidine rings is 1. The molecule has 4 saturated heterocycles. The maximum absolute atomic E-state index is 14.5. The van der Waals surface area contributed by atoms with Gasteiger partial charge in [0.15, 0.2) is 5.65 Å². The Kier molecular flexibility index (Phi) is 8.45. The van der Waals surface area contributed by atoms with Crippen LogP contribution in [0.4, 0.5) is 10.2 Å². The highest BCUT2D eigenvalue weighted by molar-refractivity contribution is 7.90. The number of phenols is 1. The summed E-state index contributed by atoms with van der Waals surface area (Å²) in [6.45, 7) is 5.99. The van der Waals surface area contributed by atoms with Crippen molar-refractivity contribution in [2.75, 3.05) is 31.2 Å². The molecule has 0 radical (unpaired) electrons. The third-order valence-electron chi connectivity index (χ3n) is 11.0. The second-order valence-electron chi connectivity index (χ2n) is 14.5. The Morgan fingerprint density at radius 1 is 0.981 bits per heavy atom. The number of nitriles is 1. The molecule has 2 bridgehead atoms. The lowest BCUT2D eigenvalue weighted by Gasteiger charge is -2.56. The molecule has 2 atom stereocenters. The zero-order valence-corrected chi connectivity index (χ0v) is 30.3. The van der Waals surface area contributed by atoms with Crippen LogP contribution in [0, 0.1) is 30.0 Å². The van der Waals surface area contributed by atoms with Crippen molar-refractivity contribution in [3.8, 4) is 34.2 Å². The SMILES string of the molecule is Cc1ccc(S(=O)(=O)n2c(-c3cnn(CCC4COC4)c3)cc3c(-c4ccc(N5CC6CC(C5)N6Cc5cc(F)ccc5O)nc4)c(C#N)cnc32)cc1. The molecule has 54 heavy (non-hydrogen) atoms. The molecule has 12 nitrogen and oxygen atoms in total. The van der Waals surface area contributed by atoms with Gasteiger partial charge in [-0.25, -0.2) is 26.7 Å². The van der Waals surface area contributed by atoms with E-state index < -0.39 is 10.0 Å². The summed E-state index contributed by atoms with van der Waals surface area (Å²) in [6, 6.07) is 19.1. The van der Waals surface area contributed by atoms with E-state index in [1.54, 1.807) is 42.7 Å². The number of hydrogen-bond donors (Lipinski definition) is 1. The minimum Gasteiger partial charge on any atom is -0.508 e. The summed E-state index contributed by atoms with van der Waals surface area (Å²) < 4.78 is 51.2. The van der Waals surface area contributed by atoms with Crippen LogP contribution >= 0.6 is 0 Å². The maximum Gasteiger partial charge on any atom is 0.269 e. The number of aromatic nitrogens is 5. The number of benzene rings is 2. The number of pyridine rings is 2. The van der Waals surface area contributed by atoms with Crippen molar-refractivity contribution in [2.45, 2.75) is 49.8 Å². The number of rotatable bonds is 10. The summed E-state index contributed by atoms with van der Waals surface area (Å²) in [4.78, 5) is 14.0. The molecule has 4 aromatic heterocycles. The molecule has 0 amide bonds. The van der Waals surface area contributed by atoms with Gasteiger partial charge < -0.3 is 14.7 Å². The van der Waals surface area contributed by atoms with Crippen LogP contribution < -0.4 is 4.90 Å². The van der Waals surface area contributed by atoms with E-state index in [1.807, 2.05) is 29.9 Å². The summed E-state index contributed by atoms with van der Waals surface area (Å²) in [6.07, 6.45) is 8.58. The molecule has 0 aliphatic carbocycles. The molecule has 4 aliphatic heterocycles. The van der Waals surface area contributed by atoms with E-state index in [1.165, 1.54) is 28.4 Å². The van der Waals surface area contributed by atoms with Gasteiger partial charge in [0.05, 0.1) is 35.6 Å². The van der Waals surface area contributed by atoms with Crippen molar-refractivity contribution in [1.29, 1.82) is 5.26 Å². The first-order valence-electron chi connectivity index (χ1n) is 18.0. The average Bonchev–Trinajstić information content (AvgIpc) is 3.80. The van der Waals surface area contributed by atoms with Crippen LogP contribution in [-0.2, 0) is 27.8 Å². The van der Waals surface area contributed by atoms with Crippen molar-refractivity contribution in [3.63, 3.8) is 0 Å². The number of aromatic hydroxyl groups is 1. The highest BCUT2D eigenvalue weighted by Crippen LogP contribution is 2.40. The van der Waals surface area contributed by atoms with Crippen molar-refractivity contribution in [3.05, 3.63) is 108 Å². The van der Waals surface area contributed by atoms with E-state index in [0.717, 1.165) is 50.5 Å². The molecule has 274 valence electrons. The smallest absolute Gasteiger partial charge is 0.269 e. The zero-order valence-electron chi connectivity index (χ0n) is 29.5. The van der Waals surface area contributed by atoms with Crippen LogP contribution in [0.5, 0.6) is 5.75 Å². The molecule has 2 unspecified atom stereocenters. The molecule has 4 aliphatic rings. The summed E-state index contributed by atoms with van der Waals surface area (Å²) in [5.41, 5.74) is 4.20. The first-order chi connectivity index (χ1) is 26.2. The van der Waals surface area contributed by atoms with Crippen LogP contribution in [0.2, 0.25) is 0 Å². The van der Waals surface area contributed by atoms with E-state index in [4.69, 9.17) is 9.72 Å². The molecule has 0 saturated carbocycles. The Balaban J connectivity index is 1.06. The van der Waals surface area contributed by atoms with Crippen LogP contribution in [0.25, 0.3) is 33.4 Å². The van der Waals surface area contributed by atoms with Gasteiger partial charge in [-0.05, 0) is 68.3 Å². The molecular formula is C40H37FN8O4S. The normalized spacial score (nSPS) is 18.7. The molecule has 2 aromatic carbocycles. The third-order valence-corrected chi connectivity index (χ3v) is 12.7. The van der Waals surface area contributed by atoms with Crippen LogP contribution in [0.3, 0.4) is 0 Å². The van der Waals surface area contributed by atoms with Crippen LogP contribution in [-0.4, -0.2) is 80.5 Å². The minimum atomic E-state index is -4.14. The second kappa shape index (κ2) is 13.3. The maximum atomic E-state index is 14.5. The van der Waals surface area contributed by atoms with Gasteiger partial charge in [0, 0.05) is 90.4 Å². The third kappa shape index (κ3) is 5.98. The Morgan fingerprint density at radius 2 is 1.78 bits per heavy atom. The number of fused-ring (bicyclic) bond motifs is 3. The summed E-state index contributed by atoms with van der Waals surface area (Å²) >= 11 is 0. The topological polar surface area (TPSA) is 142 Å². The fourth-order valence-electron chi connectivity index (χ4n) is 7.89. The Labute approximate surface area is 311 Å². The fraction of sp³-hybridized carbons (Fsp3) is 0.300. The Hall–Kier alpha value is -5.62. The molecule has 4 fully saturated rings. The molecule has 14 heteroatoms. The quantitative estimate of drug-likeness (QED) is 0.185. The summed E-state index contributed by atoms with van der Waals surface area (Å²) in [5.74, 6) is 0.997. The number of ether oxygens (including phenoxy) is 1. The van der Waals surface area contributed by atoms with E-state index in [-0.39, 0.29) is 34.2 Å². The van der Waals surface area contributed by atoms with E-state index in [9.17, 15) is 23.2 Å². The predicted molar refractivity (Wildman–Crippen MR) is 200 cm³/mol. The summed E-state index contributed by atoms with van der Waals surface area (Å²) in [7, 11) is -4.14. The monoisotopic (exact) mass is 744 g/mol. The number of hydrogen-bond acceptors (Lipinski definition) is 10. The van der Waals surface area contributed by atoms with Gasteiger partial charge in [0.25, 0.3) is 10.0 Å². The molecule has 8 heterocycles. The highest BCUT2D eigenvalue weighted by atomic mass is 32.2. The lowest BCUT2D eigenvalue weighted by molar-refractivity contribution is -0.0375. The fourth-order valence-corrected chi connectivity index (χ4v) is 9.38. The molecular weight excluding hydrogens is 708 g/mol. The largest absolute Gasteiger partial charge is 0.508 e. The number of phenolic OH excluding ortho intramolecular Hbond substituents is 1. The van der Waals surface area contributed by atoms with E-state index in [2.05, 4.69) is 26.0 Å². The van der Waals surface area contributed by atoms with Gasteiger partial charge in [-0.2, -0.15) is 10.4 Å². The van der Waals surface area contributed by atoms with Gasteiger partial charge in [-0.1, -0.05) is 17.7 Å². The van der Waals surface area contributed by atoms with Gasteiger partial charge >= 0.3 is 0 Å². The molecule has 10 rings (SSSR count). The van der Waals surface area contributed by atoms with Crippen molar-refractivity contribution in [1.82, 2.24) is 28.6 Å². The van der Waals surface area contributed by atoms with Gasteiger partial charge in [-0.15, -0.1) is 0 Å². The predicted octanol–water partition coefficient (Wildman–Crippen LogP) is 5.72. The lowest BCUT2D eigenvalue weighted by Crippen LogP contribution is -2.68. The Bertz CT molecular complexity index is 2530. The number of piperazine rings is 1. The van der Waals surface area contributed by atoms with Crippen LogP contribution in [0.1, 0.15) is 29.5 Å². The van der Waals surface area contributed by atoms with Crippen molar-refractivity contribution < 1.29 is 22.7 Å². The zero-order chi connectivity index (χ0) is 37.1. The standard InChI is InChI=1S/C40H37FN8O4S/c1-25-2-6-34(7-3-25)54(51,52)49-36(30-18-45-47(19-30)11-10-26-23-53-24-26)14-35-39(29(15-42)17-44-40(35)49)27-4-9-38(43-16-27)46-21-32-13-33(22-46)48(32)20-28-12-31(41)5-8-37(28)50/h2-9,12,14,16-19,26,32-33,50H,10-11,13,20-24H2,1H3. The number of aryl methyl sites for hydroxylation is 2. The lowest BCUT2D eigenvalue weighted by atomic mass is 9.86. The molecule has 0 spiro atoms. The average molecular weight is 745 g/mol. The first-order valence-corrected chi connectivity index (χ1v) is 19.4. The highest BCUT2D eigenvalue weighted by Gasteiger charge is 2.45. The van der Waals surface area contributed by atoms with Gasteiger partial charge in [0.2, 0.25) is 0 Å². The van der Waals surface area contributed by atoms with Gasteiger partial charge in [0.1, 0.15) is 23.5 Å². The van der Waals surface area contributed by atoms with E-state index in [0.29, 0.717) is 57.9 Å². The molecule has 1 N–H and O–H groups in total. The second-order valence-corrected chi connectivity index (χ2v) is 16.3. The minimum absolute atomic E-state index is 0.0952. The number of halogens is 1. The number of anilines is 1. The first kappa shape index (κ1) is 34.2. The van der Waals surface area contributed by atoms with Gasteiger partial charge in [-0.3, -0.25) is 9.58 Å². The van der Waals surface area contributed by atoms with Crippen molar-refractivity contribution >= 4 is 26.9 Å². The Morgan fingerprint density at radius 3 is 2.48 bits per heavy atom. The van der Waals surface area contributed by atoms with Crippen LogP contribution in [0.15, 0.2) is 90.3 Å². The number of nitrogens with zero attached hydrogens (tertiary/aromatic N) is 8. The molecule has 6 aromatic rings.